The van der Waals surface area contributed by atoms with Gasteiger partial charge in [0.2, 0.25) is 5.91 Å². The van der Waals surface area contributed by atoms with Crippen molar-refractivity contribution >= 4 is 23.3 Å². The molecule has 1 atom stereocenters. The maximum absolute atomic E-state index is 12.8. The standard InChI is InChI=1S/C21H25N3O4/c1-14-6-4-7-15(12-14)22-21(26)24-11-5-8-18(24)20(25)23-17-10-9-16(27-2)13-19(17)28-3/h4,6-7,9-10,12-13,18H,5,8,11H2,1-3H3,(H,22,26)(H,23,25)/t18-/m0/s1. The number of nitrogens with one attached hydrogen (secondary N) is 2. The summed E-state index contributed by atoms with van der Waals surface area (Å²) in [4.78, 5) is 27.1. The first-order chi connectivity index (χ1) is 13.5. The number of carbonyl (C=O) groups is 2. The molecule has 148 valence electrons. The predicted molar refractivity (Wildman–Crippen MR) is 108 cm³/mol. The zero-order valence-corrected chi connectivity index (χ0v) is 16.3. The molecule has 0 aliphatic carbocycles. The van der Waals surface area contributed by atoms with Crippen LogP contribution in [0, 0.1) is 6.92 Å². The van der Waals surface area contributed by atoms with E-state index in [1.165, 1.54) is 7.11 Å². The normalized spacial score (nSPS) is 15.8. The van der Waals surface area contributed by atoms with Crippen molar-refractivity contribution in [3.63, 3.8) is 0 Å². The Balaban J connectivity index is 1.70. The number of hydrogen-bond acceptors (Lipinski definition) is 4. The number of benzene rings is 2. The summed E-state index contributed by atoms with van der Waals surface area (Å²) < 4.78 is 10.5. The van der Waals surface area contributed by atoms with Crippen molar-refractivity contribution in [2.24, 2.45) is 0 Å². The molecule has 0 spiro atoms. The highest BCUT2D eigenvalue weighted by atomic mass is 16.5. The Bertz CT molecular complexity index is 868. The van der Waals surface area contributed by atoms with Crippen LogP contribution in [0.1, 0.15) is 18.4 Å². The van der Waals surface area contributed by atoms with Gasteiger partial charge in [0, 0.05) is 18.3 Å². The van der Waals surface area contributed by atoms with Gasteiger partial charge in [-0.1, -0.05) is 12.1 Å². The number of nitrogens with zero attached hydrogens (tertiary/aromatic N) is 1. The number of aryl methyl sites for hydroxylation is 1. The van der Waals surface area contributed by atoms with Gasteiger partial charge in [-0.2, -0.15) is 0 Å². The highest BCUT2D eigenvalue weighted by Gasteiger charge is 2.34. The van der Waals surface area contributed by atoms with Crippen molar-refractivity contribution in [3.8, 4) is 11.5 Å². The zero-order chi connectivity index (χ0) is 20.1. The lowest BCUT2D eigenvalue weighted by molar-refractivity contribution is -0.119. The minimum absolute atomic E-state index is 0.236. The van der Waals surface area contributed by atoms with Crippen molar-refractivity contribution in [3.05, 3.63) is 48.0 Å². The Hall–Kier alpha value is -3.22. The Morgan fingerprint density at radius 2 is 1.89 bits per heavy atom. The van der Waals surface area contributed by atoms with Gasteiger partial charge in [-0.15, -0.1) is 0 Å². The zero-order valence-electron chi connectivity index (χ0n) is 16.3. The van der Waals surface area contributed by atoms with E-state index in [9.17, 15) is 9.59 Å². The Labute approximate surface area is 164 Å². The molecule has 0 aromatic heterocycles. The van der Waals surface area contributed by atoms with Crippen LogP contribution >= 0.6 is 0 Å². The van der Waals surface area contributed by atoms with E-state index in [0.29, 0.717) is 35.8 Å². The van der Waals surface area contributed by atoms with Crippen LogP contribution in [0.15, 0.2) is 42.5 Å². The number of rotatable bonds is 5. The first-order valence-electron chi connectivity index (χ1n) is 9.19. The quantitative estimate of drug-likeness (QED) is 0.826. The van der Waals surface area contributed by atoms with Gasteiger partial charge < -0.3 is 25.0 Å². The van der Waals surface area contributed by atoms with Gasteiger partial charge in [-0.05, 0) is 49.6 Å². The fourth-order valence-electron chi connectivity index (χ4n) is 3.32. The van der Waals surface area contributed by atoms with E-state index in [4.69, 9.17) is 9.47 Å². The molecule has 2 aromatic carbocycles. The molecular weight excluding hydrogens is 358 g/mol. The van der Waals surface area contributed by atoms with Crippen molar-refractivity contribution in [1.82, 2.24) is 4.90 Å². The number of carbonyl (C=O) groups excluding carboxylic acids is 2. The SMILES string of the molecule is COc1ccc(NC(=O)[C@@H]2CCCN2C(=O)Nc2cccc(C)c2)c(OC)c1. The maximum atomic E-state index is 12.8. The molecule has 0 unspecified atom stereocenters. The molecule has 7 nitrogen and oxygen atoms in total. The molecule has 1 saturated heterocycles. The molecule has 1 heterocycles. The Morgan fingerprint density at radius 3 is 2.61 bits per heavy atom. The number of anilines is 2. The van der Waals surface area contributed by atoms with Gasteiger partial charge in [0.25, 0.3) is 0 Å². The summed E-state index contributed by atoms with van der Waals surface area (Å²) in [5, 5.41) is 5.75. The van der Waals surface area contributed by atoms with Crippen molar-refractivity contribution in [2.45, 2.75) is 25.8 Å². The summed E-state index contributed by atoms with van der Waals surface area (Å²) in [5.41, 5.74) is 2.31. The van der Waals surface area contributed by atoms with Crippen LogP contribution in [0.5, 0.6) is 11.5 Å². The molecule has 2 aromatic rings. The van der Waals surface area contributed by atoms with Gasteiger partial charge in [0.15, 0.2) is 0 Å². The summed E-state index contributed by atoms with van der Waals surface area (Å²) in [6, 6.07) is 11.9. The lowest BCUT2D eigenvalue weighted by atomic mass is 10.2. The second-order valence-electron chi connectivity index (χ2n) is 6.71. The molecule has 3 amide bonds. The van der Waals surface area contributed by atoms with Crippen molar-refractivity contribution in [2.75, 3.05) is 31.4 Å². The van der Waals surface area contributed by atoms with Crippen LogP contribution < -0.4 is 20.1 Å². The van der Waals surface area contributed by atoms with E-state index in [2.05, 4.69) is 10.6 Å². The number of urea groups is 1. The Kier molecular flexibility index (Phi) is 6.03. The highest BCUT2D eigenvalue weighted by Crippen LogP contribution is 2.30. The second-order valence-corrected chi connectivity index (χ2v) is 6.71. The third-order valence-electron chi connectivity index (χ3n) is 4.75. The van der Waals surface area contributed by atoms with Crippen LogP contribution in [0.2, 0.25) is 0 Å². The number of ether oxygens (including phenoxy) is 2. The fourth-order valence-corrected chi connectivity index (χ4v) is 3.32. The van der Waals surface area contributed by atoms with Crippen LogP contribution in [0.4, 0.5) is 16.2 Å². The van der Waals surface area contributed by atoms with Gasteiger partial charge in [-0.25, -0.2) is 4.79 Å². The maximum Gasteiger partial charge on any atom is 0.322 e. The summed E-state index contributed by atoms with van der Waals surface area (Å²) >= 11 is 0. The van der Waals surface area contributed by atoms with Crippen molar-refractivity contribution in [1.29, 1.82) is 0 Å². The average Bonchev–Trinajstić information content (AvgIpc) is 3.18. The van der Waals surface area contributed by atoms with Crippen LogP contribution in [0.25, 0.3) is 0 Å². The molecule has 28 heavy (non-hydrogen) atoms. The number of likely N-dealkylation sites (tertiary alicyclic amines) is 1. The molecule has 1 aliphatic heterocycles. The minimum Gasteiger partial charge on any atom is -0.497 e. The van der Waals surface area contributed by atoms with E-state index in [-0.39, 0.29) is 11.9 Å². The van der Waals surface area contributed by atoms with E-state index in [1.807, 2.05) is 31.2 Å². The second kappa shape index (κ2) is 8.65. The Morgan fingerprint density at radius 1 is 1.07 bits per heavy atom. The first kappa shape index (κ1) is 19.5. The summed E-state index contributed by atoms with van der Waals surface area (Å²) in [6.45, 7) is 2.50. The topological polar surface area (TPSA) is 79.9 Å². The van der Waals surface area contributed by atoms with E-state index < -0.39 is 6.04 Å². The van der Waals surface area contributed by atoms with Gasteiger partial charge in [0.1, 0.15) is 17.5 Å². The van der Waals surface area contributed by atoms with Crippen LogP contribution in [-0.2, 0) is 4.79 Å². The number of hydrogen-bond donors (Lipinski definition) is 2. The largest absolute Gasteiger partial charge is 0.497 e. The monoisotopic (exact) mass is 383 g/mol. The minimum atomic E-state index is -0.531. The third kappa shape index (κ3) is 4.36. The molecule has 0 bridgehead atoms. The lowest BCUT2D eigenvalue weighted by Gasteiger charge is -2.24. The molecule has 0 radical (unpaired) electrons. The third-order valence-corrected chi connectivity index (χ3v) is 4.75. The fraction of sp³-hybridized carbons (Fsp3) is 0.333. The van der Waals surface area contributed by atoms with E-state index >= 15 is 0 Å². The summed E-state index contributed by atoms with van der Waals surface area (Å²) in [6.07, 6.45) is 1.39. The van der Waals surface area contributed by atoms with Gasteiger partial charge in [-0.3, -0.25) is 4.79 Å². The van der Waals surface area contributed by atoms with E-state index in [1.54, 1.807) is 30.2 Å². The first-order valence-corrected chi connectivity index (χ1v) is 9.19. The summed E-state index contributed by atoms with van der Waals surface area (Å²) in [7, 11) is 3.10. The highest BCUT2D eigenvalue weighted by molar-refractivity contribution is 6.00. The molecule has 3 rings (SSSR count). The number of amides is 3. The molecular formula is C21H25N3O4. The molecule has 7 heteroatoms. The molecule has 1 fully saturated rings. The lowest BCUT2D eigenvalue weighted by Crippen LogP contribution is -2.45. The van der Waals surface area contributed by atoms with Gasteiger partial charge >= 0.3 is 6.03 Å². The predicted octanol–water partition coefficient (Wildman–Crippen LogP) is 3.65. The van der Waals surface area contributed by atoms with E-state index in [0.717, 1.165) is 12.0 Å². The number of methoxy groups -OCH3 is 2. The molecule has 1 aliphatic rings. The van der Waals surface area contributed by atoms with Gasteiger partial charge in [0.05, 0.1) is 19.9 Å². The van der Waals surface area contributed by atoms with Crippen molar-refractivity contribution < 1.29 is 19.1 Å². The average molecular weight is 383 g/mol. The van der Waals surface area contributed by atoms with Crippen LogP contribution in [0.3, 0.4) is 0 Å². The van der Waals surface area contributed by atoms with Crippen LogP contribution in [-0.4, -0.2) is 43.6 Å². The summed E-state index contributed by atoms with van der Waals surface area (Å²) in [5.74, 6) is 0.900. The smallest absolute Gasteiger partial charge is 0.322 e. The molecule has 2 N–H and O–H groups in total. The molecule has 0 saturated carbocycles.